The first kappa shape index (κ1) is 30.4. The third-order valence-corrected chi connectivity index (χ3v) is 5.67. The fourth-order valence-corrected chi connectivity index (χ4v) is 4.51. The van der Waals surface area contributed by atoms with Gasteiger partial charge in [0.2, 0.25) is 0 Å². The van der Waals surface area contributed by atoms with Crippen LogP contribution in [0.3, 0.4) is 0 Å². The van der Waals surface area contributed by atoms with Gasteiger partial charge in [0.25, 0.3) is 0 Å². The normalized spacial score (nSPS) is 19.9. The zero-order valence-electron chi connectivity index (χ0n) is 17.0. The molecule has 1 aliphatic rings. The molecule has 0 unspecified atom stereocenters. The summed E-state index contributed by atoms with van der Waals surface area (Å²) in [6.07, 6.45) is 0. The molecule has 0 radical (unpaired) electrons. The first-order valence-electron chi connectivity index (χ1n) is 8.09. The van der Waals surface area contributed by atoms with Gasteiger partial charge in [0.15, 0.2) is 0 Å². The highest BCUT2D eigenvalue weighted by atomic mass is 16.8. The number of hydrogen-bond donors (Lipinski definition) is 0. The topological polar surface area (TPSA) is 475 Å². The molecule has 0 bridgehead atoms. The van der Waals surface area contributed by atoms with Crippen molar-refractivity contribution in [3.63, 3.8) is 0 Å². The van der Waals surface area contributed by atoms with E-state index in [2.05, 4.69) is 0 Å². The molecule has 0 atom stereocenters. The van der Waals surface area contributed by atoms with Crippen molar-refractivity contribution in [1.82, 2.24) is 0 Å². The number of hydrogen-bond acceptors (Lipinski definition) is 22. The highest BCUT2D eigenvalue weighted by molar-refractivity contribution is 5.20. The van der Waals surface area contributed by atoms with Crippen molar-refractivity contribution in [1.29, 1.82) is 0 Å². The molecule has 33 heteroatoms. The molecule has 1 saturated carbocycles. The summed E-state index contributed by atoms with van der Waals surface area (Å²) in [5.41, 5.74) is -35.2. The zero-order valence-corrected chi connectivity index (χ0v) is 17.0. The molecule has 0 aromatic rings. The van der Waals surface area contributed by atoms with Crippen molar-refractivity contribution in [2.24, 2.45) is 0 Å². The second-order valence-electron chi connectivity index (χ2n) is 6.73. The highest BCUT2D eigenvalue weighted by Gasteiger charge is 3.39. The lowest BCUT2D eigenvalue weighted by atomic mass is 9.57. The quantitative estimate of drug-likeness (QED) is 0.127. The first-order valence-corrected chi connectivity index (χ1v) is 8.09. The van der Waals surface area contributed by atoms with E-state index in [9.17, 15) is 111 Å². The van der Waals surface area contributed by atoms with Crippen molar-refractivity contribution < 1.29 is 54.2 Å². The molecule has 0 spiro atoms. The Morgan fingerprint density at radius 1 is 0.308 bits per heavy atom. The number of rotatable bonds is 11. The summed E-state index contributed by atoms with van der Waals surface area (Å²) in [6.45, 7) is 0. The summed E-state index contributed by atoms with van der Waals surface area (Å²) in [5, 5.41) is 131. The van der Waals surface area contributed by atoms with Crippen LogP contribution < -0.4 is 0 Å². The lowest BCUT2D eigenvalue weighted by Gasteiger charge is -2.35. The summed E-state index contributed by atoms with van der Waals surface area (Å²) in [7, 11) is 0. The van der Waals surface area contributed by atoms with Gasteiger partial charge in [0.05, 0.1) is 4.92 Å². The van der Waals surface area contributed by atoms with E-state index < -0.39 is 88.5 Å². The minimum absolute atomic E-state index is 3.16. The van der Waals surface area contributed by atoms with Crippen LogP contribution in [0.2, 0.25) is 0 Å². The van der Waals surface area contributed by atoms with Gasteiger partial charge in [-0.25, -0.2) is 0 Å². The molecule has 0 aromatic heterocycles. The van der Waals surface area contributed by atoms with Gasteiger partial charge in [0, 0.05) is 0 Å². The molecule has 0 aliphatic heterocycles. The molecule has 0 aromatic carbocycles. The molecule has 1 rings (SSSR count). The first-order chi connectivity index (χ1) is 17.5. The van der Waals surface area contributed by atoms with Crippen LogP contribution in [0.4, 0.5) is 0 Å². The fourth-order valence-electron chi connectivity index (χ4n) is 4.51. The van der Waals surface area contributed by atoms with E-state index in [0.717, 1.165) is 0 Å². The molecule has 212 valence electrons. The van der Waals surface area contributed by atoms with E-state index >= 15 is 0 Å². The van der Waals surface area contributed by atoms with Crippen molar-refractivity contribution in [2.75, 3.05) is 0 Å². The van der Waals surface area contributed by atoms with Crippen molar-refractivity contribution in [3.8, 4) is 0 Å². The molecular weight excluding hydrogens is 578 g/mol. The van der Waals surface area contributed by atoms with Gasteiger partial charge < -0.3 is 0 Å². The Hall–Kier alpha value is -6.60. The Labute approximate surface area is 201 Å². The van der Waals surface area contributed by atoms with Crippen LogP contribution in [0.15, 0.2) is 0 Å². The molecule has 1 fully saturated rings. The Morgan fingerprint density at radius 3 is 0.590 bits per heavy atom. The predicted octanol–water partition coefficient (Wildman–Crippen LogP) is -4.11. The van der Waals surface area contributed by atoms with Gasteiger partial charge >= 0.3 is 34.4 Å². The van der Waals surface area contributed by atoms with Gasteiger partial charge in [-0.2, -0.15) is 0 Å². The average Bonchev–Trinajstić information content (AvgIpc) is 2.73. The van der Waals surface area contributed by atoms with Crippen LogP contribution in [0.1, 0.15) is 0 Å². The highest BCUT2D eigenvalue weighted by Crippen LogP contribution is 2.61. The summed E-state index contributed by atoms with van der Waals surface area (Å²) in [4.78, 5) is 93.4. The second kappa shape index (κ2) is 8.22. The van der Waals surface area contributed by atoms with Crippen LogP contribution in [0.5, 0.6) is 0 Å². The van der Waals surface area contributed by atoms with Gasteiger partial charge in [0.1, 0.15) is 49.2 Å². The van der Waals surface area contributed by atoms with Crippen LogP contribution in [0, 0.1) is 111 Å². The van der Waals surface area contributed by atoms with Gasteiger partial charge in [-0.15, -0.1) is 0 Å². The third kappa shape index (κ3) is 2.44. The molecule has 33 nitrogen and oxygen atoms in total. The Balaban J connectivity index is 5.62. The summed E-state index contributed by atoms with van der Waals surface area (Å²) in [5.74, 6) is 0. The maximum atomic E-state index is 12.0. The van der Waals surface area contributed by atoms with Crippen LogP contribution in [-0.2, 0) is 0 Å². The van der Waals surface area contributed by atoms with Crippen molar-refractivity contribution in [3.05, 3.63) is 111 Å². The van der Waals surface area contributed by atoms with Crippen LogP contribution >= 0.6 is 0 Å². The minimum atomic E-state index is -7.27. The Bertz CT molecular complexity index is 1170. The van der Waals surface area contributed by atoms with Crippen molar-refractivity contribution >= 4 is 0 Å². The van der Waals surface area contributed by atoms with Gasteiger partial charge in [-0.05, 0) is 0 Å². The second-order valence-corrected chi connectivity index (χ2v) is 6.73. The molecular formula is C6HN11O22. The van der Waals surface area contributed by atoms with Crippen LogP contribution in [-0.4, -0.2) is 88.5 Å². The zero-order chi connectivity index (χ0) is 31.4. The molecule has 0 saturated heterocycles. The van der Waals surface area contributed by atoms with Crippen molar-refractivity contribution in [2.45, 2.75) is 34.4 Å². The fraction of sp³-hybridized carbons (Fsp3) is 1.00. The maximum Gasteiger partial charge on any atom is 0.767 e. The van der Waals surface area contributed by atoms with E-state index in [0.29, 0.717) is 0 Å². The summed E-state index contributed by atoms with van der Waals surface area (Å²) >= 11 is 0. The van der Waals surface area contributed by atoms with Gasteiger partial charge in [-0.3, -0.25) is 111 Å². The average molecular weight is 579 g/mol. The molecule has 0 amide bonds. The lowest BCUT2D eigenvalue weighted by molar-refractivity contribution is -1.10. The standard InChI is InChI=1S/C6HN11O22/c18-7(19)1-2(8(20)21,9(22)23)4(12(28)29,13(30)31)6(16(36)37,17(38)39)5(14(32)33,15(34)35)3(1,10(24)25)11(26)27/h1H. The SMILES string of the molecule is O=[N+]([O-])C1C([N+](=O)[O-])([N+](=O)[O-])C([N+](=O)[O-])([N+](=O)[O-])C([N+](=O)[O-])([N+](=O)[O-])C([N+](=O)[O-])([N+](=O)[O-])C1([N+](=O)[O-])[N+](=O)[O-]. The number of nitrogens with zero attached hydrogens (tertiary/aromatic N) is 11. The molecule has 1 aliphatic carbocycles. The largest absolute Gasteiger partial charge is 0.767 e. The molecule has 0 N–H and O–H groups in total. The summed E-state index contributed by atoms with van der Waals surface area (Å²) in [6, 6.07) is -5.82. The predicted molar refractivity (Wildman–Crippen MR) is 94.4 cm³/mol. The van der Waals surface area contributed by atoms with E-state index in [1.807, 2.05) is 0 Å². The molecule has 0 heterocycles. The Morgan fingerprint density at radius 2 is 0.487 bits per heavy atom. The maximum absolute atomic E-state index is 12.0. The van der Waals surface area contributed by atoms with E-state index in [1.54, 1.807) is 0 Å². The lowest BCUT2D eigenvalue weighted by Crippen LogP contribution is -3.04. The summed E-state index contributed by atoms with van der Waals surface area (Å²) < 4.78 is 0. The van der Waals surface area contributed by atoms with E-state index in [1.165, 1.54) is 0 Å². The van der Waals surface area contributed by atoms with Gasteiger partial charge in [-0.1, -0.05) is 0 Å². The molecule has 39 heavy (non-hydrogen) atoms. The minimum Gasteiger partial charge on any atom is -0.263 e. The van der Waals surface area contributed by atoms with E-state index in [4.69, 9.17) is 0 Å². The van der Waals surface area contributed by atoms with Crippen LogP contribution in [0.25, 0.3) is 0 Å². The monoisotopic (exact) mass is 579 g/mol. The third-order valence-electron chi connectivity index (χ3n) is 5.67. The van der Waals surface area contributed by atoms with E-state index in [-0.39, 0.29) is 0 Å². The smallest absolute Gasteiger partial charge is 0.263 e. The number of nitro groups is 11. The Kier molecular flexibility index (Phi) is 6.42.